The fraction of sp³-hybridized carbons (Fsp3) is 0.300. The first-order valence-electron chi connectivity index (χ1n) is 8.40. The lowest BCUT2D eigenvalue weighted by atomic mass is 10.0. The second-order valence-electron chi connectivity index (χ2n) is 6.17. The molecule has 124 valence electrons. The van der Waals surface area contributed by atoms with Crippen molar-refractivity contribution >= 4 is 23.2 Å². The average Bonchev–Trinajstić information content (AvgIpc) is 2.61. The Morgan fingerprint density at radius 1 is 1.12 bits per heavy atom. The quantitative estimate of drug-likeness (QED) is 0.930. The van der Waals surface area contributed by atoms with Crippen molar-refractivity contribution in [2.45, 2.75) is 33.1 Å². The SMILES string of the molecule is CCC(=O)N1CCCc2ccc(NC(=O)c3ccc(C)cc3)cc21. The lowest BCUT2D eigenvalue weighted by molar-refractivity contribution is -0.118. The molecule has 2 amide bonds. The van der Waals surface area contributed by atoms with Gasteiger partial charge in [0.2, 0.25) is 5.91 Å². The number of hydrogen-bond acceptors (Lipinski definition) is 2. The first-order valence-corrected chi connectivity index (χ1v) is 8.40. The van der Waals surface area contributed by atoms with Crippen molar-refractivity contribution in [1.82, 2.24) is 0 Å². The zero-order valence-corrected chi connectivity index (χ0v) is 14.1. The third-order valence-corrected chi connectivity index (χ3v) is 4.38. The topological polar surface area (TPSA) is 49.4 Å². The second kappa shape index (κ2) is 6.87. The Bertz CT molecular complexity index is 766. The van der Waals surface area contributed by atoms with Gasteiger partial charge in [0.1, 0.15) is 0 Å². The molecule has 24 heavy (non-hydrogen) atoms. The van der Waals surface area contributed by atoms with Crippen LogP contribution in [0, 0.1) is 6.92 Å². The molecule has 4 nitrogen and oxygen atoms in total. The van der Waals surface area contributed by atoms with Gasteiger partial charge >= 0.3 is 0 Å². The van der Waals surface area contributed by atoms with Crippen molar-refractivity contribution in [3.63, 3.8) is 0 Å². The molecule has 0 bridgehead atoms. The van der Waals surface area contributed by atoms with Gasteiger partial charge in [-0.15, -0.1) is 0 Å². The monoisotopic (exact) mass is 322 g/mol. The van der Waals surface area contributed by atoms with Crippen molar-refractivity contribution in [3.8, 4) is 0 Å². The van der Waals surface area contributed by atoms with E-state index in [-0.39, 0.29) is 11.8 Å². The summed E-state index contributed by atoms with van der Waals surface area (Å²) in [5, 5.41) is 2.93. The van der Waals surface area contributed by atoms with Crippen molar-refractivity contribution in [2.24, 2.45) is 0 Å². The van der Waals surface area contributed by atoms with Gasteiger partial charge in [-0.05, 0) is 49.6 Å². The summed E-state index contributed by atoms with van der Waals surface area (Å²) in [4.78, 5) is 26.4. The fourth-order valence-corrected chi connectivity index (χ4v) is 3.01. The third kappa shape index (κ3) is 3.32. The average molecular weight is 322 g/mol. The summed E-state index contributed by atoms with van der Waals surface area (Å²) in [6, 6.07) is 13.3. The Morgan fingerprint density at radius 3 is 2.58 bits per heavy atom. The molecule has 0 aromatic heterocycles. The smallest absolute Gasteiger partial charge is 0.255 e. The summed E-state index contributed by atoms with van der Waals surface area (Å²) in [5.74, 6) is -0.0166. The van der Waals surface area contributed by atoms with Crippen LogP contribution in [0.2, 0.25) is 0 Å². The number of rotatable bonds is 3. The van der Waals surface area contributed by atoms with Crippen LogP contribution >= 0.6 is 0 Å². The van der Waals surface area contributed by atoms with Gasteiger partial charge in [0.05, 0.1) is 0 Å². The van der Waals surface area contributed by atoms with Crippen LogP contribution < -0.4 is 10.2 Å². The molecule has 4 heteroatoms. The highest BCUT2D eigenvalue weighted by Gasteiger charge is 2.22. The third-order valence-electron chi connectivity index (χ3n) is 4.38. The van der Waals surface area contributed by atoms with Crippen molar-refractivity contribution in [3.05, 3.63) is 59.2 Å². The molecule has 0 radical (unpaired) electrons. The summed E-state index contributed by atoms with van der Waals surface area (Å²) in [7, 11) is 0. The Kier molecular flexibility index (Phi) is 4.65. The number of aryl methyl sites for hydroxylation is 2. The highest BCUT2D eigenvalue weighted by atomic mass is 16.2. The van der Waals surface area contributed by atoms with Crippen LogP contribution in [0.4, 0.5) is 11.4 Å². The van der Waals surface area contributed by atoms with Gasteiger partial charge < -0.3 is 10.2 Å². The standard InChI is InChI=1S/C20H22N2O2/c1-3-19(23)22-12-4-5-15-10-11-17(13-18(15)22)21-20(24)16-8-6-14(2)7-9-16/h6-11,13H,3-5,12H2,1-2H3,(H,21,24). The van der Waals surface area contributed by atoms with E-state index in [1.807, 2.05) is 61.2 Å². The molecule has 2 aromatic rings. The molecule has 1 aliphatic rings. The molecule has 0 saturated heterocycles. The molecule has 3 rings (SSSR count). The van der Waals surface area contributed by atoms with Crippen LogP contribution in [-0.4, -0.2) is 18.4 Å². The van der Waals surface area contributed by atoms with Crippen LogP contribution in [0.1, 0.15) is 41.3 Å². The zero-order chi connectivity index (χ0) is 17.1. The van der Waals surface area contributed by atoms with E-state index in [1.165, 1.54) is 0 Å². The summed E-state index contributed by atoms with van der Waals surface area (Å²) >= 11 is 0. The molecule has 0 atom stereocenters. The molecule has 0 spiro atoms. The molecule has 0 fully saturated rings. The maximum atomic E-state index is 12.4. The highest BCUT2D eigenvalue weighted by molar-refractivity contribution is 6.05. The van der Waals surface area contributed by atoms with E-state index >= 15 is 0 Å². The van der Waals surface area contributed by atoms with Gasteiger partial charge in [-0.1, -0.05) is 30.7 Å². The van der Waals surface area contributed by atoms with Gasteiger partial charge in [0.25, 0.3) is 5.91 Å². The van der Waals surface area contributed by atoms with Crippen molar-refractivity contribution < 1.29 is 9.59 Å². The number of anilines is 2. The molecule has 0 saturated carbocycles. The van der Waals surface area contributed by atoms with E-state index < -0.39 is 0 Å². The number of nitrogens with zero attached hydrogens (tertiary/aromatic N) is 1. The Labute approximate surface area is 142 Å². The summed E-state index contributed by atoms with van der Waals surface area (Å²) < 4.78 is 0. The van der Waals surface area contributed by atoms with E-state index in [0.717, 1.165) is 41.9 Å². The maximum Gasteiger partial charge on any atom is 0.255 e. The second-order valence-corrected chi connectivity index (χ2v) is 6.17. The Balaban J connectivity index is 1.83. The van der Waals surface area contributed by atoms with Crippen LogP contribution in [0.5, 0.6) is 0 Å². The Hall–Kier alpha value is -2.62. The largest absolute Gasteiger partial charge is 0.322 e. The van der Waals surface area contributed by atoms with Gasteiger partial charge in [-0.3, -0.25) is 9.59 Å². The number of benzene rings is 2. The number of carbonyl (C=O) groups is 2. The van der Waals surface area contributed by atoms with Gasteiger partial charge in [-0.25, -0.2) is 0 Å². The van der Waals surface area contributed by atoms with Gasteiger partial charge in [0.15, 0.2) is 0 Å². The minimum absolute atomic E-state index is 0.123. The first-order chi connectivity index (χ1) is 11.6. The zero-order valence-electron chi connectivity index (χ0n) is 14.1. The van der Waals surface area contributed by atoms with Crippen LogP contribution in [0.25, 0.3) is 0 Å². The summed E-state index contributed by atoms with van der Waals surface area (Å²) in [6.07, 6.45) is 2.43. The van der Waals surface area contributed by atoms with Gasteiger partial charge in [0, 0.05) is 29.9 Å². The normalized spacial score (nSPS) is 13.3. The lowest BCUT2D eigenvalue weighted by Gasteiger charge is -2.29. The molecule has 2 aromatic carbocycles. The number of fused-ring (bicyclic) bond motifs is 1. The molecule has 0 unspecified atom stereocenters. The van der Waals surface area contributed by atoms with Crippen LogP contribution in [0.15, 0.2) is 42.5 Å². The summed E-state index contributed by atoms with van der Waals surface area (Å²) in [6.45, 7) is 4.61. The number of nitrogens with one attached hydrogen (secondary N) is 1. The fourth-order valence-electron chi connectivity index (χ4n) is 3.01. The maximum absolute atomic E-state index is 12.4. The number of hydrogen-bond donors (Lipinski definition) is 1. The van der Waals surface area contributed by atoms with E-state index in [2.05, 4.69) is 5.32 Å². The first kappa shape index (κ1) is 16.2. The highest BCUT2D eigenvalue weighted by Crippen LogP contribution is 2.30. The number of carbonyl (C=O) groups excluding carboxylic acids is 2. The van der Waals surface area contributed by atoms with Gasteiger partial charge in [-0.2, -0.15) is 0 Å². The molecule has 1 heterocycles. The van der Waals surface area contributed by atoms with E-state index in [9.17, 15) is 9.59 Å². The molecule has 1 N–H and O–H groups in total. The minimum Gasteiger partial charge on any atom is -0.322 e. The molecule has 1 aliphatic heterocycles. The lowest BCUT2D eigenvalue weighted by Crippen LogP contribution is -2.35. The predicted octanol–water partition coefficient (Wildman–Crippen LogP) is 3.94. The predicted molar refractivity (Wildman–Crippen MR) is 96.5 cm³/mol. The van der Waals surface area contributed by atoms with Crippen molar-refractivity contribution in [1.29, 1.82) is 0 Å². The van der Waals surface area contributed by atoms with Crippen molar-refractivity contribution in [2.75, 3.05) is 16.8 Å². The van der Waals surface area contributed by atoms with Crippen LogP contribution in [-0.2, 0) is 11.2 Å². The summed E-state index contributed by atoms with van der Waals surface area (Å²) in [5.41, 5.74) is 4.55. The minimum atomic E-state index is -0.140. The molecular formula is C20H22N2O2. The van der Waals surface area contributed by atoms with E-state index in [4.69, 9.17) is 0 Å². The van der Waals surface area contributed by atoms with E-state index in [0.29, 0.717) is 12.0 Å². The molecular weight excluding hydrogens is 300 g/mol. The van der Waals surface area contributed by atoms with Crippen LogP contribution in [0.3, 0.4) is 0 Å². The Morgan fingerprint density at radius 2 is 1.88 bits per heavy atom. The molecule has 0 aliphatic carbocycles. The number of amides is 2. The van der Waals surface area contributed by atoms with E-state index in [1.54, 1.807) is 0 Å².